The van der Waals surface area contributed by atoms with Crippen molar-refractivity contribution in [2.24, 2.45) is 10.7 Å². The van der Waals surface area contributed by atoms with E-state index in [-0.39, 0.29) is 5.82 Å². The van der Waals surface area contributed by atoms with Crippen LogP contribution in [0.15, 0.2) is 70.3 Å². The molecule has 0 fully saturated rings. The van der Waals surface area contributed by atoms with Crippen LogP contribution in [0.1, 0.15) is 23.4 Å². The Morgan fingerprint density at radius 1 is 1.15 bits per heavy atom. The van der Waals surface area contributed by atoms with E-state index in [0.29, 0.717) is 28.6 Å². The largest absolute Gasteiger partial charge is 0.497 e. The average molecular weight is 367 g/mol. The van der Waals surface area contributed by atoms with Crippen molar-refractivity contribution in [1.29, 1.82) is 0 Å². The summed E-state index contributed by atoms with van der Waals surface area (Å²) in [4.78, 5) is 6.20. The van der Waals surface area contributed by atoms with Crippen LogP contribution in [0.2, 0.25) is 0 Å². The number of aliphatic hydroxyl groups is 1. The highest BCUT2D eigenvalue weighted by molar-refractivity contribution is 6.04. The maximum atomic E-state index is 13.3. The summed E-state index contributed by atoms with van der Waals surface area (Å²) in [6.07, 6.45) is -0.209. The van der Waals surface area contributed by atoms with Crippen LogP contribution in [0.25, 0.3) is 0 Å². The van der Waals surface area contributed by atoms with Crippen molar-refractivity contribution in [2.75, 3.05) is 12.0 Å². The van der Waals surface area contributed by atoms with E-state index in [0.717, 1.165) is 5.69 Å². The number of fused-ring (bicyclic) bond motifs is 1. The molecule has 7 heteroatoms. The minimum atomic E-state index is -1.11. The predicted molar refractivity (Wildman–Crippen MR) is 99.6 cm³/mol. The van der Waals surface area contributed by atoms with Gasteiger partial charge in [-0.2, -0.15) is 4.99 Å². The fourth-order valence-electron chi connectivity index (χ4n) is 3.09. The lowest BCUT2D eigenvalue weighted by Crippen LogP contribution is -2.44. The van der Waals surface area contributed by atoms with Crippen molar-refractivity contribution >= 4 is 17.4 Å². The Balaban J connectivity index is 1.80. The van der Waals surface area contributed by atoms with Gasteiger partial charge in [0.2, 0.25) is 5.88 Å². The topological polar surface area (TPSA) is 84.2 Å². The molecule has 1 aliphatic heterocycles. The molecule has 2 aromatic carbocycles. The van der Waals surface area contributed by atoms with Crippen molar-refractivity contribution < 1.29 is 18.7 Å². The number of furan rings is 1. The predicted octanol–water partition coefficient (Wildman–Crippen LogP) is 3.67. The third kappa shape index (κ3) is 3.07. The Morgan fingerprint density at radius 3 is 2.52 bits per heavy atom. The van der Waals surface area contributed by atoms with Crippen LogP contribution in [0.5, 0.6) is 5.75 Å². The molecular weight excluding hydrogens is 349 g/mol. The maximum Gasteiger partial charge on any atom is 0.226 e. The van der Waals surface area contributed by atoms with Crippen molar-refractivity contribution in [2.45, 2.75) is 12.3 Å². The molecule has 0 aliphatic carbocycles. The normalized spacial score (nSPS) is 17.3. The van der Waals surface area contributed by atoms with Gasteiger partial charge in [-0.25, -0.2) is 4.39 Å². The average Bonchev–Trinajstić information content (AvgIpc) is 3.17. The van der Waals surface area contributed by atoms with E-state index < -0.39 is 12.3 Å². The molecule has 2 atom stereocenters. The Bertz CT molecular complexity index is 967. The van der Waals surface area contributed by atoms with Crippen molar-refractivity contribution in [3.63, 3.8) is 0 Å². The molecule has 138 valence electrons. The van der Waals surface area contributed by atoms with Gasteiger partial charge in [-0.05, 0) is 48.0 Å². The number of methoxy groups -OCH3 is 1. The number of nitrogens with zero attached hydrogens (tertiary/aromatic N) is 2. The zero-order valence-corrected chi connectivity index (χ0v) is 14.5. The maximum absolute atomic E-state index is 13.3. The summed E-state index contributed by atoms with van der Waals surface area (Å²) in [5.74, 6) is 0.963. The molecule has 0 bridgehead atoms. The van der Waals surface area contributed by atoms with Gasteiger partial charge in [-0.15, -0.1) is 0 Å². The Morgan fingerprint density at radius 2 is 1.85 bits per heavy atom. The first-order valence-corrected chi connectivity index (χ1v) is 8.37. The van der Waals surface area contributed by atoms with Crippen LogP contribution in [0.4, 0.5) is 16.0 Å². The van der Waals surface area contributed by atoms with Crippen LogP contribution >= 0.6 is 0 Å². The second-order valence-electron chi connectivity index (χ2n) is 6.12. The van der Waals surface area contributed by atoms with Crippen LogP contribution in [-0.2, 0) is 0 Å². The molecule has 2 unspecified atom stereocenters. The summed E-state index contributed by atoms with van der Waals surface area (Å²) in [6.45, 7) is 0. The molecule has 0 saturated carbocycles. The number of halogens is 1. The van der Waals surface area contributed by atoms with Crippen LogP contribution in [-0.4, -0.2) is 18.1 Å². The lowest BCUT2D eigenvalue weighted by atomic mass is 10.0. The van der Waals surface area contributed by atoms with Gasteiger partial charge in [-0.1, -0.05) is 12.1 Å². The lowest BCUT2D eigenvalue weighted by molar-refractivity contribution is 0.243. The third-order valence-corrected chi connectivity index (χ3v) is 4.51. The highest BCUT2D eigenvalue weighted by Gasteiger charge is 2.34. The van der Waals surface area contributed by atoms with E-state index in [1.807, 2.05) is 12.1 Å². The van der Waals surface area contributed by atoms with Gasteiger partial charge >= 0.3 is 0 Å². The second-order valence-corrected chi connectivity index (χ2v) is 6.12. The first kappa shape index (κ1) is 17.3. The highest BCUT2D eigenvalue weighted by atomic mass is 19.1. The van der Waals surface area contributed by atoms with E-state index in [9.17, 15) is 9.50 Å². The van der Waals surface area contributed by atoms with Gasteiger partial charge in [0, 0.05) is 5.69 Å². The highest BCUT2D eigenvalue weighted by Crippen LogP contribution is 2.39. The fraction of sp³-hybridized carbons (Fsp3) is 0.150. The van der Waals surface area contributed by atoms with E-state index in [1.54, 1.807) is 30.2 Å². The number of aliphatic hydroxyl groups excluding tert-OH is 1. The zero-order chi connectivity index (χ0) is 19.0. The van der Waals surface area contributed by atoms with Crippen molar-refractivity contribution in [3.8, 4) is 5.75 Å². The molecule has 0 radical (unpaired) electrons. The number of aliphatic imine (C=N–C) groups is 1. The summed E-state index contributed by atoms with van der Waals surface area (Å²) in [7, 11) is 1.59. The summed E-state index contributed by atoms with van der Waals surface area (Å²) in [5.41, 5.74) is 8.39. The Hall–Kier alpha value is -3.16. The summed E-state index contributed by atoms with van der Waals surface area (Å²) in [5, 5.41) is 10.9. The quantitative estimate of drug-likeness (QED) is 0.735. The Kier molecular flexibility index (Phi) is 4.39. The number of nitrogens with two attached hydrogens (primary N) is 1. The minimum Gasteiger partial charge on any atom is -0.497 e. The van der Waals surface area contributed by atoms with E-state index in [4.69, 9.17) is 14.9 Å². The van der Waals surface area contributed by atoms with Crippen LogP contribution in [0, 0.1) is 5.82 Å². The molecule has 2 heterocycles. The zero-order valence-electron chi connectivity index (χ0n) is 14.5. The number of amidine groups is 1. The molecule has 1 aromatic heterocycles. The molecule has 0 amide bonds. The number of ether oxygens (including phenoxy) is 1. The van der Waals surface area contributed by atoms with E-state index in [1.165, 1.54) is 30.5 Å². The molecule has 3 aromatic rings. The van der Waals surface area contributed by atoms with Crippen molar-refractivity contribution in [1.82, 2.24) is 0 Å². The first-order valence-electron chi connectivity index (χ1n) is 8.37. The molecular formula is C20H18FN3O3. The van der Waals surface area contributed by atoms with Crippen LogP contribution < -0.4 is 15.4 Å². The number of hydrogen-bond acceptors (Lipinski definition) is 6. The summed E-state index contributed by atoms with van der Waals surface area (Å²) < 4.78 is 23.9. The van der Waals surface area contributed by atoms with E-state index >= 15 is 0 Å². The fourth-order valence-corrected chi connectivity index (χ4v) is 3.09. The van der Waals surface area contributed by atoms with Gasteiger partial charge < -0.3 is 24.9 Å². The minimum absolute atomic E-state index is 0.293. The monoisotopic (exact) mass is 367 g/mol. The lowest BCUT2D eigenvalue weighted by Gasteiger charge is -2.36. The molecule has 6 nitrogen and oxygen atoms in total. The number of hydrogen-bond donors (Lipinski definition) is 2. The molecule has 3 N–H and O–H groups in total. The smallest absolute Gasteiger partial charge is 0.226 e. The third-order valence-electron chi connectivity index (χ3n) is 4.51. The van der Waals surface area contributed by atoms with Gasteiger partial charge in [0.25, 0.3) is 0 Å². The molecule has 4 rings (SSSR count). The summed E-state index contributed by atoms with van der Waals surface area (Å²) >= 11 is 0. The van der Waals surface area contributed by atoms with E-state index in [2.05, 4.69) is 4.99 Å². The second kappa shape index (κ2) is 6.86. The Labute approximate surface area is 155 Å². The number of benzene rings is 2. The molecule has 27 heavy (non-hydrogen) atoms. The SMILES string of the molecule is COc1ccc(N2C(C(O)c3ccc(F)cc3)=Nc3occc3C2N)cc1. The first-order chi connectivity index (χ1) is 13.1. The van der Waals surface area contributed by atoms with Gasteiger partial charge in [0.1, 0.15) is 29.7 Å². The molecule has 0 saturated heterocycles. The van der Waals surface area contributed by atoms with Gasteiger partial charge in [-0.3, -0.25) is 0 Å². The summed E-state index contributed by atoms with van der Waals surface area (Å²) in [6, 6.07) is 14.6. The molecule has 0 spiro atoms. The standard InChI is InChI=1S/C20H18FN3O3/c1-26-15-8-6-14(7-9-15)24-18(22)16-10-11-27-20(16)23-19(24)17(25)12-2-4-13(21)5-3-12/h2-11,17-18,25H,22H2,1H3. The molecule has 1 aliphatic rings. The van der Waals surface area contributed by atoms with Crippen molar-refractivity contribution in [3.05, 3.63) is 77.8 Å². The number of rotatable bonds is 4. The van der Waals surface area contributed by atoms with Crippen LogP contribution in [0.3, 0.4) is 0 Å². The van der Waals surface area contributed by atoms with Gasteiger partial charge in [0.15, 0.2) is 0 Å². The number of anilines is 1. The van der Waals surface area contributed by atoms with Gasteiger partial charge in [0.05, 0.1) is 18.9 Å².